The first kappa shape index (κ1) is 35.0. The summed E-state index contributed by atoms with van der Waals surface area (Å²) in [4.78, 5) is 0. The molecular weight excluding hydrogens is 727 g/mol. The Bertz CT molecular complexity index is 3170. The van der Waals surface area contributed by atoms with Crippen molar-refractivity contribution in [3.63, 3.8) is 0 Å². The van der Waals surface area contributed by atoms with Crippen molar-refractivity contribution in [3.05, 3.63) is 215 Å². The summed E-state index contributed by atoms with van der Waals surface area (Å²) in [5.74, 6) is 0. The van der Waals surface area contributed by atoms with Crippen LogP contribution in [0.25, 0.3) is 78.1 Å². The molecule has 3 heteroatoms. The van der Waals surface area contributed by atoms with E-state index >= 15 is 0 Å². The van der Waals surface area contributed by atoms with E-state index < -0.39 is 0 Å². The number of hydrogen-bond acceptors (Lipinski definition) is 2. The number of benzene rings is 7. The number of hydrogen-bond donors (Lipinski definition) is 2. The molecule has 3 aliphatic carbocycles. The van der Waals surface area contributed by atoms with Gasteiger partial charge in [0.05, 0.1) is 17.1 Å². The van der Waals surface area contributed by atoms with Gasteiger partial charge in [0, 0.05) is 21.9 Å². The molecule has 0 saturated carbocycles. The normalized spacial score (nSPS) is 18.3. The molecule has 60 heavy (non-hydrogen) atoms. The number of para-hydroxylation sites is 1. The van der Waals surface area contributed by atoms with Gasteiger partial charge in [0.25, 0.3) is 0 Å². The smallest absolute Gasteiger partial charge is 0.160 e. The molecule has 1 aliphatic heterocycles. The van der Waals surface area contributed by atoms with Crippen molar-refractivity contribution in [1.29, 1.82) is 0 Å². The fourth-order valence-electron chi connectivity index (χ4n) is 10.5. The largest absolute Gasteiger partial charge is 0.352 e. The summed E-state index contributed by atoms with van der Waals surface area (Å²) >= 11 is 0. The summed E-state index contributed by atoms with van der Waals surface area (Å²) in [5, 5.41) is 10.4. The summed E-state index contributed by atoms with van der Waals surface area (Å²) in [7, 11) is 0. The molecule has 0 spiro atoms. The molecule has 0 saturated heterocycles. The highest BCUT2D eigenvalue weighted by atomic mass is 15.3. The summed E-state index contributed by atoms with van der Waals surface area (Å²) in [5.41, 5.74) is 21.8. The van der Waals surface area contributed by atoms with E-state index in [4.69, 9.17) is 0 Å². The fourth-order valence-corrected chi connectivity index (χ4v) is 10.5. The number of allylic oxidation sites excluding steroid dienone is 3. The number of nitrogens with zero attached hydrogens (tertiary/aromatic N) is 1. The zero-order chi connectivity index (χ0) is 40.0. The Morgan fingerprint density at radius 3 is 2.10 bits per heavy atom. The standard InChI is InChI=1S/C57H45N3/c1-57(2)50-19-8-5-15-45(50)46-32-30-42(35-51(46)57)37-24-22-36(23-25-37)41-31-33-54-49(34-41)47-16-7-10-21-53(47)60(54)56-58-52-20-9-6-17-48(52)55(59-56)40-28-26-39(27-29-40)44-18-11-13-38-12-3-4-14-43(38)44/h4-11,13-35,52,56,58-59H,3,12H2,1-2H3. The second kappa shape index (κ2) is 13.6. The van der Waals surface area contributed by atoms with Gasteiger partial charge in [-0.1, -0.05) is 178 Å². The third-order valence-corrected chi connectivity index (χ3v) is 13.6. The molecule has 0 fully saturated rings. The van der Waals surface area contributed by atoms with E-state index in [1.54, 1.807) is 0 Å². The molecule has 1 aromatic heterocycles. The second-order valence-electron chi connectivity index (χ2n) is 17.3. The van der Waals surface area contributed by atoms with Crippen molar-refractivity contribution in [3.8, 4) is 44.5 Å². The van der Waals surface area contributed by atoms with Crippen molar-refractivity contribution in [2.24, 2.45) is 0 Å². The minimum Gasteiger partial charge on any atom is -0.352 e. The molecule has 288 valence electrons. The van der Waals surface area contributed by atoms with Gasteiger partial charge in [0.15, 0.2) is 6.29 Å². The average Bonchev–Trinajstić information content (AvgIpc) is 3.76. The van der Waals surface area contributed by atoms with E-state index in [1.807, 2.05) is 0 Å². The van der Waals surface area contributed by atoms with Crippen LogP contribution in [0.4, 0.5) is 0 Å². The number of nitrogens with one attached hydrogen (secondary N) is 2. The van der Waals surface area contributed by atoms with Gasteiger partial charge < -0.3 is 9.88 Å². The van der Waals surface area contributed by atoms with Gasteiger partial charge in [-0.3, -0.25) is 5.32 Å². The van der Waals surface area contributed by atoms with Crippen molar-refractivity contribution in [2.45, 2.75) is 44.4 Å². The Morgan fingerprint density at radius 2 is 1.23 bits per heavy atom. The number of aromatic nitrogens is 1. The van der Waals surface area contributed by atoms with Crippen LogP contribution in [-0.2, 0) is 11.8 Å². The van der Waals surface area contributed by atoms with Gasteiger partial charge in [-0.05, 0) is 115 Å². The molecule has 2 unspecified atom stereocenters. The molecule has 0 radical (unpaired) electrons. The molecule has 8 aromatic rings. The highest BCUT2D eigenvalue weighted by Gasteiger charge is 2.35. The van der Waals surface area contributed by atoms with Crippen molar-refractivity contribution < 1.29 is 0 Å². The summed E-state index contributed by atoms with van der Waals surface area (Å²) in [6, 6.07) is 56.7. The van der Waals surface area contributed by atoms with Crippen LogP contribution in [0.2, 0.25) is 0 Å². The first-order chi connectivity index (χ1) is 29.5. The van der Waals surface area contributed by atoms with Gasteiger partial charge in [-0.2, -0.15) is 0 Å². The van der Waals surface area contributed by atoms with Crippen molar-refractivity contribution in [2.75, 3.05) is 0 Å². The van der Waals surface area contributed by atoms with Crippen LogP contribution in [0.5, 0.6) is 0 Å². The van der Waals surface area contributed by atoms with Crippen LogP contribution in [0.1, 0.15) is 54.4 Å². The average molecular weight is 772 g/mol. The lowest BCUT2D eigenvalue weighted by Crippen LogP contribution is -2.48. The fraction of sp³-hybridized carbons (Fsp3) is 0.123. The monoisotopic (exact) mass is 771 g/mol. The van der Waals surface area contributed by atoms with Crippen LogP contribution in [-0.4, -0.2) is 10.6 Å². The highest BCUT2D eigenvalue weighted by Crippen LogP contribution is 2.49. The molecule has 12 rings (SSSR count). The van der Waals surface area contributed by atoms with E-state index in [0.717, 1.165) is 18.5 Å². The quantitative estimate of drug-likeness (QED) is 0.182. The number of fused-ring (bicyclic) bond motifs is 8. The van der Waals surface area contributed by atoms with Crippen molar-refractivity contribution in [1.82, 2.24) is 15.2 Å². The zero-order valence-corrected chi connectivity index (χ0v) is 33.9. The van der Waals surface area contributed by atoms with Crippen LogP contribution >= 0.6 is 0 Å². The van der Waals surface area contributed by atoms with E-state index in [1.165, 1.54) is 99.7 Å². The molecular formula is C57H45N3. The van der Waals surface area contributed by atoms with Gasteiger partial charge in [-0.25, -0.2) is 0 Å². The van der Waals surface area contributed by atoms with E-state index in [-0.39, 0.29) is 17.7 Å². The predicted molar refractivity (Wildman–Crippen MR) is 251 cm³/mol. The van der Waals surface area contributed by atoms with Crippen molar-refractivity contribution >= 4 is 33.6 Å². The lowest BCUT2D eigenvalue weighted by atomic mass is 9.81. The first-order valence-corrected chi connectivity index (χ1v) is 21.4. The summed E-state index contributed by atoms with van der Waals surface area (Å²) in [6.45, 7) is 4.70. The molecule has 0 amide bonds. The minimum atomic E-state index is -0.173. The summed E-state index contributed by atoms with van der Waals surface area (Å²) in [6.07, 6.45) is 15.5. The second-order valence-corrected chi connectivity index (χ2v) is 17.3. The van der Waals surface area contributed by atoms with Gasteiger partial charge in [0.1, 0.15) is 0 Å². The van der Waals surface area contributed by atoms with Crippen LogP contribution in [0.3, 0.4) is 0 Å². The van der Waals surface area contributed by atoms with Gasteiger partial charge in [-0.15, -0.1) is 0 Å². The van der Waals surface area contributed by atoms with Crippen LogP contribution in [0, 0.1) is 0 Å². The molecule has 0 bridgehead atoms. The maximum Gasteiger partial charge on any atom is 0.160 e. The van der Waals surface area contributed by atoms with E-state index in [2.05, 4.69) is 217 Å². The first-order valence-electron chi connectivity index (χ1n) is 21.4. The van der Waals surface area contributed by atoms with Crippen LogP contribution < -0.4 is 10.6 Å². The third kappa shape index (κ3) is 5.46. The summed E-state index contributed by atoms with van der Waals surface area (Å²) < 4.78 is 2.45. The number of rotatable bonds is 5. The highest BCUT2D eigenvalue weighted by molar-refractivity contribution is 6.09. The Hall–Kier alpha value is -6.94. The number of aryl methyl sites for hydroxylation is 1. The molecule has 2 heterocycles. The van der Waals surface area contributed by atoms with E-state index in [9.17, 15) is 0 Å². The Balaban J connectivity index is 0.879. The predicted octanol–water partition coefficient (Wildman–Crippen LogP) is 13.6. The Morgan fingerprint density at radius 1 is 0.550 bits per heavy atom. The van der Waals surface area contributed by atoms with Crippen LogP contribution in [0.15, 0.2) is 188 Å². The third-order valence-electron chi connectivity index (χ3n) is 13.6. The Kier molecular flexibility index (Phi) is 7.92. The molecule has 2 N–H and O–H groups in total. The molecule has 7 aromatic carbocycles. The lowest BCUT2D eigenvalue weighted by Gasteiger charge is -2.37. The van der Waals surface area contributed by atoms with Gasteiger partial charge in [0.2, 0.25) is 0 Å². The van der Waals surface area contributed by atoms with Gasteiger partial charge >= 0.3 is 0 Å². The lowest BCUT2D eigenvalue weighted by molar-refractivity contribution is 0.363. The Labute approximate surface area is 351 Å². The zero-order valence-electron chi connectivity index (χ0n) is 33.9. The maximum atomic E-state index is 3.99. The van der Waals surface area contributed by atoms with E-state index in [0.29, 0.717) is 0 Å². The minimum absolute atomic E-state index is 0.0185. The topological polar surface area (TPSA) is 29.0 Å². The molecule has 3 nitrogen and oxygen atoms in total. The molecule has 4 aliphatic rings. The maximum absolute atomic E-state index is 3.99. The molecule has 2 atom stereocenters. The SMILES string of the molecule is CC1(C)c2ccccc2-c2ccc(-c3ccc(-c4ccc5c(c4)c4ccccc4n5C4NC(c5ccc(-c6cccc7c6C=CCC7)cc5)=C5C=CC=CC5N4)cc3)cc21.